The number of carbonyl (C=O) groups excluding carboxylic acids is 2. The standard InChI is InChI=1S/C45H90NO8P/c1-3-5-7-9-11-13-15-17-19-21-23-25-27-29-31-33-35-37-44(47)51-41-43(42-53-55(49,50)52-40-39-46)54-45(48)38-36-34-32-30-28-26-24-22-20-18-16-14-12-10-8-6-4-2/h43H,3-42,46H2,1-2H3,(H,49,50)/t43-/m1/s1. The second kappa shape index (κ2) is 42.6. The number of hydrogen-bond acceptors (Lipinski definition) is 8. The topological polar surface area (TPSA) is 134 Å². The molecule has 0 saturated heterocycles. The van der Waals surface area contributed by atoms with Gasteiger partial charge in [-0.25, -0.2) is 4.57 Å². The highest BCUT2D eigenvalue weighted by Gasteiger charge is 2.26. The van der Waals surface area contributed by atoms with Gasteiger partial charge in [-0.1, -0.05) is 219 Å². The van der Waals surface area contributed by atoms with E-state index in [9.17, 15) is 19.0 Å². The van der Waals surface area contributed by atoms with E-state index >= 15 is 0 Å². The van der Waals surface area contributed by atoms with Crippen LogP contribution in [-0.4, -0.2) is 49.3 Å². The van der Waals surface area contributed by atoms with Crippen LogP contribution in [0.5, 0.6) is 0 Å². The summed E-state index contributed by atoms with van der Waals surface area (Å²) in [5.74, 6) is -0.809. The predicted octanol–water partition coefficient (Wildman–Crippen LogP) is 13.6. The van der Waals surface area contributed by atoms with E-state index < -0.39 is 26.5 Å². The zero-order valence-electron chi connectivity index (χ0n) is 36.2. The van der Waals surface area contributed by atoms with Gasteiger partial charge >= 0.3 is 19.8 Å². The van der Waals surface area contributed by atoms with E-state index in [1.54, 1.807) is 0 Å². The molecule has 9 nitrogen and oxygen atoms in total. The van der Waals surface area contributed by atoms with Crippen LogP contribution in [0, 0.1) is 0 Å². The SMILES string of the molecule is CCCCCCCCCCCCCCCCCCCC(=O)OC[C@H](COP(=O)(O)OCCN)OC(=O)CCCCCCCCCCCCCCCCCCC. The second-order valence-electron chi connectivity index (χ2n) is 16.0. The summed E-state index contributed by atoms with van der Waals surface area (Å²) < 4.78 is 32.9. The summed E-state index contributed by atoms with van der Waals surface area (Å²) in [7, 11) is -4.37. The summed E-state index contributed by atoms with van der Waals surface area (Å²) in [5.41, 5.74) is 5.36. The molecule has 0 spiro atoms. The second-order valence-corrected chi connectivity index (χ2v) is 17.4. The molecular weight excluding hydrogens is 713 g/mol. The molecule has 1 unspecified atom stereocenters. The van der Waals surface area contributed by atoms with Gasteiger partial charge < -0.3 is 20.1 Å². The summed E-state index contributed by atoms with van der Waals surface area (Å²) >= 11 is 0. The number of phosphoric ester groups is 1. The Bertz CT molecular complexity index is 876. The first-order valence-corrected chi connectivity index (χ1v) is 25.0. The zero-order valence-corrected chi connectivity index (χ0v) is 37.1. The Morgan fingerprint density at radius 2 is 0.782 bits per heavy atom. The van der Waals surface area contributed by atoms with E-state index in [1.165, 1.54) is 180 Å². The third-order valence-corrected chi connectivity index (χ3v) is 11.5. The first-order chi connectivity index (χ1) is 26.8. The first-order valence-electron chi connectivity index (χ1n) is 23.5. The van der Waals surface area contributed by atoms with Gasteiger partial charge in [-0.15, -0.1) is 0 Å². The Labute approximate surface area is 339 Å². The monoisotopic (exact) mass is 804 g/mol. The summed E-state index contributed by atoms with van der Waals surface area (Å²) in [6.07, 6.45) is 42.7. The van der Waals surface area contributed by atoms with Gasteiger partial charge in [-0.2, -0.15) is 0 Å². The average Bonchev–Trinajstić information content (AvgIpc) is 3.17. The summed E-state index contributed by atoms with van der Waals surface area (Å²) in [5, 5.41) is 0. The molecule has 0 aromatic carbocycles. The van der Waals surface area contributed by atoms with Crippen molar-refractivity contribution in [2.24, 2.45) is 5.73 Å². The van der Waals surface area contributed by atoms with Gasteiger partial charge in [-0.05, 0) is 12.8 Å². The predicted molar refractivity (Wildman–Crippen MR) is 229 cm³/mol. The fourth-order valence-electron chi connectivity index (χ4n) is 6.99. The van der Waals surface area contributed by atoms with Gasteiger partial charge in [0.05, 0.1) is 13.2 Å². The molecule has 0 fully saturated rings. The van der Waals surface area contributed by atoms with Crippen molar-refractivity contribution in [2.45, 2.75) is 251 Å². The highest BCUT2D eigenvalue weighted by Crippen LogP contribution is 2.43. The molecule has 0 bridgehead atoms. The van der Waals surface area contributed by atoms with Crippen LogP contribution < -0.4 is 5.73 Å². The molecule has 328 valence electrons. The first kappa shape index (κ1) is 54.0. The van der Waals surface area contributed by atoms with Crippen LogP contribution in [-0.2, 0) is 32.7 Å². The molecular formula is C45H90NO8P. The molecule has 3 N–H and O–H groups in total. The van der Waals surface area contributed by atoms with E-state index in [0.29, 0.717) is 6.42 Å². The third-order valence-electron chi connectivity index (χ3n) is 10.5. The number of hydrogen-bond donors (Lipinski definition) is 2. The molecule has 0 radical (unpaired) electrons. The Hall–Kier alpha value is -0.990. The molecule has 2 atom stereocenters. The van der Waals surface area contributed by atoms with Crippen molar-refractivity contribution in [1.29, 1.82) is 0 Å². The molecule has 0 saturated carbocycles. The minimum atomic E-state index is -4.37. The largest absolute Gasteiger partial charge is 0.472 e. The van der Waals surface area contributed by atoms with Gasteiger partial charge in [0.1, 0.15) is 6.61 Å². The number of unbranched alkanes of at least 4 members (excludes halogenated alkanes) is 32. The van der Waals surface area contributed by atoms with E-state index in [1.807, 2.05) is 0 Å². The van der Waals surface area contributed by atoms with Crippen molar-refractivity contribution in [3.63, 3.8) is 0 Å². The van der Waals surface area contributed by atoms with Gasteiger partial charge in [-0.3, -0.25) is 18.6 Å². The quantitative estimate of drug-likeness (QED) is 0.0350. The van der Waals surface area contributed by atoms with Crippen molar-refractivity contribution in [3.8, 4) is 0 Å². The maximum atomic E-state index is 12.6. The molecule has 0 heterocycles. The molecule has 0 aliphatic heterocycles. The smallest absolute Gasteiger partial charge is 0.462 e. The van der Waals surface area contributed by atoms with Crippen LogP contribution in [0.2, 0.25) is 0 Å². The lowest BCUT2D eigenvalue weighted by atomic mass is 10.0. The Morgan fingerprint density at radius 3 is 1.11 bits per heavy atom. The summed E-state index contributed by atoms with van der Waals surface area (Å²) in [6.45, 7) is 3.79. The van der Waals surface area contributed by atoms with E-state index in [0.717, 1.165) is 32.1 Å². The van der Waals surface area contributed by atoms with Crippen molar-refractivity contribution < 1.29 is 37.6 Å². The highest BCUT2D eigenvalue weighted by molar-refractivity contribution is 7.47. The molecule has 0 aromatic rings. The van der Waals surface area contributed by atoms with E-state index in [2.05, 4.69) is 13.8 Å². The molecule has 0 aliphatic carbocycles. The van der Waals surface area contributed by atoms with E-state index in [-0.39, 0.29) is 38.6 Å². The highest BCUT2D eigenvalue weighted by atomic mass is 31.2. The number of rotatable bonds is 45. The van der Waals surface area contributed by atoms with Crippen molar-refractivity contribution in [3.05, 3.63) is 0 Å². The number of phosphoric acid groups is 1. The van der Waals surface area contributed by atoms with Crippen molar-refractivity contribution in [2.75, 3.05) is 26.4 Å². The lowest BCUT2D eigenvalue weighted by Crippen LogP contribution is -2.29. The zero-order chi connectivity index (χ0) is 40.3. The number of carbonyl (C=O) groups is 2. The van der Waals surface area contributed by atoms with Crippen LogP contribution in [0.1, 0.15) is 245 Å². The average molecular weight is 804 g/mol. The number of ether oxygens (including phenoxy) is 2. The molecule has 0 amide bonds. The maximum Gasteiger partial charge on any atom is 0.472 e. The van der Waals surface area contributed by atoms with Crippen molar-refractivity contribution >= 4 is 19.8 Å². The van der Waals surface area contributed by atoms with Crippen LogP contribution >= 0.6 is 7.82 Å². The molecule has 55 heavy (non-hydrogen) atoms. The molecule has 0 rings (SSSR count). The summed E-state index contributed by atoms with van der Waals surface area (Å²) in [6, 6.07) is 0. The van der Waals surface area contributed by atoms with Crippen LogP contribution in [0.25, 0.3) is 0 Å². The molecule has 0 aliphatic rings. The fourth-order valence-corrected chi connectivity index (χ4v) is 7.76. The minimum absolute atomic E-state index is 0.0582. The molecule has 0 aromatic heterocycles. The van der Waals surface area contributed by atoms with Gasteiger partial charge in [0.2, 0.25) is 0 Å². The Balaban J connectivity index is 4.05. The lowest BCUT2D eigenvalue weighted by Gasteiger charge is -2.19. The normalized spacial score (nSPS) is 13.2. The van der Waals surface area contributed by atoms with Crippen LogP contribution in [0.4, 0.5) is 0 Å². The maximum absolute atomic E-state index is 12.6. The fraction of sp³-hybridized carbons (Fsp3) is 0.956. The van der Waals surface area contributed by atoms with Gasteiger partial charge in [0.15, 0.2) is 6.10 Å². The molecule has 10 heteroatoms. The number of nitrogens with two attached hydrogens (primary N) is 1. The van der Waals surface area contributed by atoms with Crippen LogP contribution in [0.15, 0.2) is 0 Å². The van der Waals surface area contributed by atoms with Crippen LogP contribution in [0.3, 0.4) is 0 Å². The minimum Gasteiger partial charge on any atom is -0.462 e. The van der Waals surface area contributed by atoms with E-state index in [4.69, 9.17) is 24.3 Å². The van der Waals surface area contributed by atoms with Gasteiger partial charge in [0, 0.05) is 19.4 Å². The Morgan fingerprint density at radius 1 is 0.473 bits per heavy atom. The third kappa shape index (κ3) is 42.4. The lowest BCUT2D eigenvalue weighted by molar-refractivity contribution is -0.161. The van der Waals surface area contributed by atoms with Gasteiger partial charge in [0.25, 0.3) is 0 Å². The summed E-state index contributed by atoms with van der Waals surface area (Å²) in [4.78, 5) is 34.9. The number of esters is 2. The van der Waals surface area contributed by atoms with Crippen molar-refractivity contribution in [1.82, 2.24) is 0 Å². The Kier molecular flexibility index (Phi) is 41.8.